The summed E-state index contributed by atoms with van der Waals surface area (Å²) < 4.78 is 0.685. The fourth-order valence-electron chi connectivity index (χ4n) is 1.31. The van der Waals surface area contributed by atoms with Crippen LogP contribution in [0, 0.1) is 5.92 Å². The molecule has 82 valence electrons. The first-order chi connectivity index (χ1) is 6.99. The molecule has 0 atom stereocenters. The zero-order valence-corrected chi connectivity index (χ0v) is 10.2. The zero-order chi connectivity index (χ0) is 11.4. The van der Waals surface area contributed by atoms with Crippen LogP contribution in [0.2, 0.25) is 4.34 Å². The van der Waals surface area contributed by atoms with Gasteiger partial charge in [0.1, 0.15) is 0 Å². The molecular weight excluding hydrogens is 232 g/mol. The number of aliphatic carboxylic acids is 1. The van der Waals surface area contributed by atoms with Crippen LogP contribution in [0.5, 0.6) is 0 Å². The van der Waals surface area contributed by atoms with Gasteiger partial charge in [0.05, 0.1) is 4.34 Å². The molecule has 0 radical (unpaired) electrons. The van der Waals surface area contributed by atoms with Gasteiger partial charge >= 0.3 is 5.97 Å². The van der Waals surface area contributed by atoms with E-state index in [1.807, 2.05) is 6.07 Å². The van der Waals surface area contributed by atoms with Gasteiger partial charge in [-0.3, -0.25) is 0 Å². The van der Waals surface area contributed by atoms with E-state index in [-0.39, 0.29) is 0 Å². The molecule has 0 bridgehead atoms. The minimum absolute atomic E-state index is 0.427. The Labute approximate surface area is 98.2 Å². The van der Waals surface area contributed by atoms with Crippen LogP contribution in [0.15, 0.2) is 18.2 Å². The van der Waals surface area contributed by atoms with Gasteiger partial charge < -0.3 is 5.11 Å². The van der Waals surface area contributed by atoms with Crippen molar-refractivity contribution in [1.29, 1.82) is 0 Å². The van der Waals surface area contributed by atoms with E-state index in [1.165, 1.54) is 17.4 Å². The van der Waals surface area contributed by atoms with Crippen LogP contribution in [0.3, 0.4) is 0 Å². The summed E-state index contributed by atoms with van der Waals surface area (Å²) in [5.74, 6) is -0.480. The molecule has 0 aliphatic heterocycles. The third-order valence-corrected chi connectivity index (χ3v) is 3.12. The van der Waals surface area contributed by atoms with Crippen molar-refractivity contribution in [3.8, 4) is 0 Å². The summed E-state index contributed by atoms with van der Waals surface area (Å²) in [6, 6.07) is 3.65. The molecule has 0 saturated heterocycles. The highest BCUT2D eigenvalue weighted by Crippen LogP contribution is 2.31. The SMILES string of the molecule is CC(C)C/C(=C\C(=O)O)c1ccc(Cl)s1. The first-order valence-corrected chi connectivity index (χ1v) is 5.87. The Morgan fingerprint density at radius 3 is 2.67 bits per heavy atom. The van der Waals surface area contributed by atoms with E-state index < -0.39 is 5.97 Å². The van der Waals surface area contributed by atoms with Crippen LogP contribution in [0.25, 0.3) is 5.57 Å². The van der Waals surface area contributed by atoms with Gasteiger partial charge in [0.2, 0.25) is 0 Å². The monoisotopic (exact) mass is 244 g/mol. The number of halogens is 1. The van der Waals surface area contributed by atoms with Crippen molar-refractivity contribution >= 4 is 34.5 Å². The van der Waals surface area contributed by atoms with E-state index in [9.17, 15) is 4.79 Å². The third kappa shape index (κ3) is 4.06. The molecule has 1 rings (SSSR count). The standard InChI is InChI=1S/C11H13ClO2S/c1-7(2)5-8(6-11(13)14)9-3-4-10(12)15-9/h3-4,6-7H,5H2,1-2H3,(H,13,14)/b8-6+. The average molecular weight is 245 g/mol. The van der Waals surface area contributed by atoms with Gasteiger partial charge in [-0.2, -0.15) is 0 Å². The van der Waals surface area contributed by atoms with Crippen LogP contribution in [-0.2, 0) is 4.79 Å². The smallest absolute Gasteiger partial charge is 0.328 e. The molecule has 1 heterocycles. The summed E-state index contributed by atoms with van der Waals surface area (Å²) in [6.07, 6.45) is 2.02. The lowest BCUT2D eigenvalue weighted by Gasteiger charge is -2.07. The van der Waals surface area contributed by atoms with E-state index in [4.69, 9.17) is 16.7 Å². The second-order valence-electron chi connectivity index (χ2n) is 3.71. The quantitative estimate of drug-likeness (QED) is 0.816. The molecule has 2 nitrogen and oxygen atoms in total. The fraction of sp³-hybridized carbons (Fsp3) is 0.364. The summed E-state index contributed by atoms with van der Waals surface area (Å²) in [6.45, 7) is 4.12. The molecule has 0 spiro atoms. The second-order valence-corrected chi connectivity index (χ2v) is 5.42. The molecule has 1 aromatic rings. The lowest BCUT2D eigenvalue weighted by Crippen LogP contribution is -1.95. The van der Waals surface area contributed by atoms with E-state index in [0.717, 1.165) is 16.9 Å². The van der Waals surface area contributed by atoms with Crippen molar-refractivity contribution in [2.75, 3.05) is 0 Å². The number of carboxylic acid groups (broad SMARTS) is 1. The van der Waals surface area contributed by atoms with E-state index >= 15 is 0 Å². The molecule has 1 N–H and O–H groups in total. The Balaban J connectivity index is 2.96. The topological polar surface area (TPSA) is 37.3 Å². The molecule has 4 heteroatoms. The molecule has 0 aliphatic rings. The molecular formula is C11H13ClO2S. The Morgan fingerprint density at radius 1 is 1.60 bits per heavy atom. The van der Waals surface area contributed by atoms with Crippen LogP contribution in [0.1, 0.15) is 25.1 Å². The highest BCUT2D eigenvalue weighted by molar-refractivity contribution is 7.17. The van der Waals surface area contributed by atoms with Crippen molar-refractivity contribution in [1.82, 2.24) is 0 Å². The molecule has 0 aliphatic carbocycles. The normalized spacial score (nSPS) is 12.1. The first-order valence-electron chi connectivity index (χ1n) is 4.68. The van der Waals surface area contributed by atoms with Crippen LogP contribution in [0.4, 0.5) is 0 Å². The largest absolute Gasteiger partial charge is 0.478 e. The molecule has 1 aromatic heterocycles. The van der Waals surface area contributed by atoms with Gasteiger partial charge in [-0.15, -0.1) is 11.3 Å². The summed E-state index contributed by atoms with van der Waals surface area (Å²) in [7, 11) is 0. The summed E-state index contributed by atoms with van der Waals surface area (Å²) in [5.41, 5.74) is 0.842. The maximum absolute atomic E-state index is 10.7. The lowest BCUT2D eigenvalue weighted by atomic mass is 10.0. The minimum atomic E-state index is -0.907. The molecule has 0 saturated carbocycles. The van der Waals surface area contributed by atoms with Crippen molar-refractivity contribution in [3.05, 3.63) is 27.4 Å². The molecule has 0 amide bonds. The number of carboxylic acids is 1. The van der Waals surface area contributed by atoms with Gasteiger partial charge in [-0.25, -0.2) is 4.79 Å². The number of allylic oxidation sites excluding steroid dienone is 1. The number of rotatable bonds is 4. The summed E-state index contributed by atoms with van der Waals surface area (Å²) in [4.78, 5) is 11.6. The van der Waals surface area contributed by atoms with Crippen molar-refractivity contribution in [2.24, 2.45) is 5.92 Å². The fourth-order valence-corrected chi connectivity index (χ4v) is 2.37. The van der Waals surface area contributed by atoms with Crippen LogP contribution >= 0.6 is 22.9 Å². The van der Waals surface area contributed by atoms with E-state index in [2.05, 4.69) is 13.8 Å². The lowest BCUT2D eigenvalue weighted by molar-refractivity contribution is -0.131. The number of carbonyl (C=O) groups is 1. The maximum atomic E-state index is 10.7. The molecule has 15 heavy (non-hydrogen) atoms. The van der Waals surface area contributed by atoms with Gasteiger partial charge in [-0.05, 0) is 30.0 Å². The third-order valence-electron chi connectivity index (χ3n) is 1.82. The van der Waals surface area contributed by atoms with E-state index in [1.54, 1.807) is 6.07 Å². The predicted octanol–water partition coefficient (Wildman–Crippen LogP) is 3.92. The van der Waals surface area contributed by atoms with Crippen LogP contribution in [-0.4, -0.2) is 11.1 Å². The van der Waals surface area contributed by atoms with Crippen molar-refractivity contribution in [2.45, 2.75) is 20.3 Å². The predicted molar refractivity (Wildman–Crippen MR) is 64.4 cm³/mol. The van der Waals surface area contributed by atoms with Gasteiger partial charge in [0.25, 0.3) is 0 Å². The Bertz CT molecular complexity index is 380. The Kier molecular flexibility index (Phi) is 4.36. The average Bonchev–Trinajstić information content (AvgIpc) is 2.48. The highest BCUT2D eigenvalue weighted by Gasteiger charge is 2.09. The van der Waals surface area contributed by atoms with Gasteiger partial charge in [-0.1, -0.05) is 25.4 Å². The minimum Gasteiger partial charge on any atom is -0.478 e. The molecule has 0 fully saturated rings. The van der Waals surface area contributed by atoms with Crippen LogP contribution < -0.4 is 0 Å². The van der Waals surface area contributed by atoms with Crippen molar-refractivity contribution < 1.29 is 9.90 Å². The van der Waals surface area contributed by atoms with Crippen molar-refractivity contribution in [3.63, 3.8) is 0 Å². The Hall–Kier alpha value is -0.800. The number of hydrogen-bond acceptors (Lipinski definition) is 2. The summed E-state index contributed by atoms with van der Waals surface area (Å²) in [5, 5.41) is 8.76. The summed E-state index contributed by atoms with van der Waals surface area (Å²) >= 11 is 7.24. The Morgan fingerprint density at radius 2 is 2.27 bits per heavy atom. The number of hydrogen-bond donors (Lipinski definition) is 1. The second kappa shape index (κ2) is 5.33. The first kappa shape index (κ1) is 12.3. The zero-order valence-electron chi connectivity index (χ0n) is 8.66. The highest BCUT2D eigenvalue weighted by atomic mass is 35.5. The molecule has 0 unspecified atom stereocenters. The maximum Gasteiger partial charge on any atom is 0.328 e. The molecule has 0 aromatic carbocycles. The van der Waals surface area contributed by atoms with Gasteiger partial charge in [0.15, 0.2) is 0 Å². The van der Waals surface area contributed by atoms with E-state index in [0.29, 0.717) is 10.3 Å². The van der Waals surface area contributed by atoms with Gasteiger partial charge in [0, 0.05) is 11.0 Å². The number of thiophene rings is 1.